The molecule has 0 aromatic heterocycles. The Bertz CT molecular complexity index is 1100. The van der Waals surface area contributed by atoms with Crippen LogP contribution >= 0.6 is 0 Å². The highest BCUT2D eigenvalue weighted by Gasteiger charge is 2.74. The highest BCUT2D eigenvalue weighted by molar-refractivity contribution is 6.82. The van der Waals surface area contributed by atoms with Crippen LogP contribution in [-0.2, 0) is 108 Å². The molecule has 69 heavy (non-hydrogen) atoms. The van der Waals surface area contributed by atoms with Crippen molar-refractivity contribution in [3.05, 3.63) is 0 Å². The highest BCUT2D eigenvalue weighted by Crippen LogP contribution is 2.35. The van der Waals surface area contributed by atoms with E-state index in [0.29, 0.717) is 0 Å². The molecule has 25 nitrogen and oxygen atoms in total. The van der Waals surface area contributed by atoms with Crippen LogP contribution in [-0.4, -0.2) is 191 Å². The zero-order valence-electron chi connectivity index (χ0n) is 44.9. The van der Waals surface area contributed by atoms with Crippen molar-refractivity contribution in [3.8, 4) is 0 Å². The smallest absolute Gasteiger partial charge is 0.352 e. The first-order valence-corrected chi connectivity index (χ1v) is 37.5. The van der Waals surface area contributed by atoms with Gasteiger partial charge in [-0.2, -0.15) is 0 Å². The van der Waals surface area contributed by atoms with Crippen LogP contribution in [0.4, 0.5) is 0 Å². The third-order valence-electron chi connectivity index (χ3n) is 7.53. The molecule has 0 aromatic rings. The van der Waals surface area contributed by atoms with E-state index >= 15 is 0 Å². The molecule has 0 heterocycles. The molecule has 0 aromatic carbocycles. The molecule has 0 aliphatic rings. The Hall–Kier alpha value is 0.735. The van der Waals surface area contributed by atoms with Crippen molar-refractivity contribution >= 4 is 72.4 Å². The zero-order chi connectivity index (χ0) is 52.4. The Morgan fingerprint density at radius 2 is 0.203 bits per heavy atom. The van der Waals surface area contributed by atoms with E-state index in [4.69, 9.17) is 108 Å². The van der Waals surface area contributed by atoms with Gasteiger partial charge in [0.15, 0.2) is 0 Å². The lowest BCUT2D eigenvalue weighted by molar-refractivity contribution is -0.0946. The van der Waals surface area contributed by atoms with E-state index in [1.54, 1.807) is 125 Å². The summed E-state index contributed by atoms with van der Waals surface area (Å²) >= 11 is 0. The second kappa shape index (κ2) is 37.5. The van der Waals surface area contributed by atoms with E-state index in [1.807, 2.05) is 0 Å². The first-order valence-electron chi connectivity index (χ1n) is 24.5. The Balaban J connectivity index is 8.52. The molecule has 33 heteroatoms. The van der Waals surface area contributed by atoms with E-state index in [9.17, 15) is 0 Å². The molecule has 0 rings (SSSR count). The van der Waals surface area contributed by atoms with Crippen LogP contribution in [0.1, 0.15) is 125 Å². The molecule has 0 unspecified atom stereocenters. The van der Waals surface area contributed by atoms with Gasteiger partial charge in [0.05, 0.1) is 0 Å². The summed E-state index contributed by atoms with van der Waals surface area (Å²) in [4.78, 5) is 0. The summed E-state index contributed by atoms with van der Waals surface area (Å²) in [5.41, 5.74) is 0. The largest absolute Gasteiger partial charge is 0.673 e. The maximum atomic E-state index is 6.98. The molecular formula is C36H90O25Si8. The van der Waals surface area contributed by atoms with Crippen molar-refractivity contribution in [2.24, 2.45) is 0 Å². The summed E-state index contributed by atoms with van der Waals surface area (Å²) in [7, 11) is -36.8. The second-order valence-corrected chi connectivity index (χ2v) is 31.4. The van der Waals surface area contributed by atoms with E-state index in [2.05, 4.69) is 0 Å². The molecular weight excluding hydrogens is 1060 g/mol. The Morgan fingerprint density at radius 3 is 0.290 bits per heavy atom. The predicted octanol–water partition coefficient (Wildman–Crippen LogP) is 5.24. The highest BCUT2D eigenvalue weighted by atomic mass is 28.6. The molecule has 0 radical (unpaired) electrons. The van der Waals surface area contributed by atoms with Gasteiger partial charge in [-0.15, -0.1) is 0 Å². The molecule has 0 saturated heterocycles. The Morgan fingerprint density at radius 1 is 0.130 bits per heavy atom. The van der Waals surface area contributed by atoms with Crippen molar-refractivity contribution in [3.63, 3.8) is 0 Å². The average molecular weight is 1150 g/mol. The van der Waals surface area contributed by atoms with Crippen LogP contribution in [0.2, 0.25) is 0 Å². The Kier molecular flexibility index (Phi) is 37.9. The van der Waals surface area contributed by atoms with Crippen LogP contribution < -0.4 is 0 Å². The van der Waals surface area contributed by atoms with Crippen molar-refractivity contribution in [2.75, 3.05) is 119 Å². The summed E-state index contributed by atoms with van der Waals surface area (Å²) in [6.07, 6.45) is 0. The van der Waals surface area contributed by atoms with E-state index in [-0.39, 0.29) is 119 Å². The zero-order valence-corrected chi connectivity index (χ0v) is 52.9. The molecule has 0 fully saturated rings. The standard InChI is InChI=1S/C36H90O25Si8/c1-19-37-62(38-20-2,39-21-3)55-64(43-25-7,44-26-8)57-66(47-29-11,48-30-12)59-68(51-33-15,52-34-16)61-69(53-35-17,54-36-18)60-67(49-31-13,50-32-14)58-65(45-27-9,46-28-10)56-63(40-22-4,41-23-5)42-24-6/h19-36H2,1-18H3. The van der Waals surface area contributed by atoms with Gasteiger partial charge in [0.1, 0.15) is 0 Å². The van der Waals surface area contributed by atoms with Gasteiger partial charge in [0.2, 0.25) is 0 Å². The number of hydrogen-bond acceptors (Lipinski definition) is 25. The summed E-state index contributed by atoms with van der Waals surface area (Å²) in [6, 6.07) is 0. The van der Waals surface area contributed by atoms with Gasteiger partial charge >= 0.3 is 72.4 Å². The first-order chi connectivity index (χ1) is 33.0. The van der Waals surface area contributed by atoms with E-state index in [1.165, 1.54) is 0 Å². The predicted molar refractivity (Wildman–Crippen MR) is 263 cm³/mol. The summed E-state index contributed by atoms with van der Waals surface area (Å²) in [6.45, 7) is 31.9. The summed E-state index contributed by atoms with van der Waals surface area (Å²) < 4.78 is 161. The maximum absolute atomic E-state index is 6.98. The summed E-state index contributed by atoms with van der Waals surface area (Å²) in [5.74, 6) is 0. The first kappa shape index (κ1) is 69.7. The van der Waals surface area contributed by atoms with Gasteiger partial charge in [-0.05, 0) is 125 Å². The fourth-order valence-electron chi connectivity index (χ4n) is 5.76. The minimum atomic E-state index is -4.90. The van der Waals surface area contributed by atoms with Crippen LogP contribution in [0, 0.1) is 0 Å². The van der Waals surface area contributed by atoms with Gasteiger partial charge in [0, 0.05) is 119 Å². The maximum Gasteiger partial charge on any atom is 0.673 e. The molecule has 0 saturated carbocycles. The minimum absolute atomic E-state index is 0.0290. The lowest BCUT2D eigenvalue weighted by Gasteiger charge is -2.43. The molecule has 0 aliphatic heterocycles. The van der Waals surface area contributed by atoms with Crippen molar-refractivity contribution in [1.82, 2.24) is 0 Å². The molecule has 0 atom stereocenters. The van der Waals surface area contributed by atoms with Crippen LogP contribution in [0.25, 0.3) is 0 Å². The SMILES string of the molecule is CCO[Si](OCC)(OCC)O[Si](OCC)(OCC)O[Si](OCC)(OCC)O[Si](OCC)(OCC)O[Si](OCC)(OCC)O[Si](OCC)(OCC)O[Si](OCC)(OCC)O[Si](OCC)(OCC)OCC. The van der Waals surface area contributed by atoms with Crippen LogP contribution in [0.3, 0.4) is 0 Å². The van der Waals surface area contributed by atoms with Crippen LogP contribution in [0.5, 0.6) is 0 Å². The number of hydrogen-bond donors (Lipinski definition) is 0. The van der Waals surface area contributed by atoms with E-state index in [0.717, 1.165) is 0 Å². The molecule has 416 valence electrons. The van der Waals surface area contributed by atoms with Crippen molar-refractivity contribution in [2.45, 2.75) is 125 Å². The fraction of sp³-hybridized carbons (Fsp3) is 1.00. The number of rotatable bonds is 50. The lowest BCUT2D eigenvalue weighted by Crippen LogP contribution is -2.74. The van der Waals surface area contributed by atoms with Gasteiger partial charge < -0.3 is 108 Å². The molecule has 0 amide bonds. The summed E-state index contributed by atoms with van der Waals surface area (Å²) in [5, 5.41) is 0. The third kappa shape index (κ3) is 23.3. The van der Waals surface area contributed by atoms with Gasteiger partial charge in [-0.25, -0.2) is 0 Å². The van der Waals surface area contributed by atoms with Crippen LogP contribution in [0.15, 0.2) is 0 Å². The van der Waals surface area contributed by atoms with Gasteiger partial charge in [0.25, 0.3) is 0 Å². The molecule has 0 aliphatic carbocycles. The Labute approximate surface area is 422 Å². The molecule has 0 spiro atoms. The topological polar surface area (TPSA) is 231 Å². The average Bonchev–Trinajstić information content (AvgIpc) is 3.25. The molecule has 0 bridgehead atoms. The van der Waals surface area contributed by atoms with Gasteiger partial charge in [-0.1, -0.05) is 0 Å². The monoisotopic (exact) mass is 1150 g/mol. The quantitative estimate of drug-likeness (QED) is 0.0709. The minimum Gasteiger partial charge on any atom is -0.352 e. The third-order valence-corrected chi connectivity index (χ3v) is 33.1. The second-order valence-electron chi connectivity index (χ2n) is 12.5. The van der Waals surface area contributed by atoms with Gasteiger partial charge in [-0.3, -0.25) is 0 Å². The van der Waals surface area contributed by atoms with E-state index < -0.39 is 72.4 Å². The normalized spacial score (nSPS) is 13.8. The van der Waals surface area contributed by atoms with Crippen molar-refractivity contribution in [1.29, 1.82) is 0 Å². The fourth-order valence-corrected chi connectivity index (χ4v) is 32.0. The van der Waals surface area contributed by atoms with Crippen molar-refractivity contribution < 1.29 is 108 Å². The molecule has 0 N–H and O–H groups in total. The lowest BCUT2D eigenvalue weighted by atomic mass is 10.9.